The van der Waals surface area contributed by atoms with Crippen LogP contribution in [0.3, 0.4) is 0 Å². The van der Waals surface area contributed by atoms with Crippen LogP contribution in [0, 0.1) is 13.8 Å². The number of hydrogen-bond donors (Lipinski definition) is 0. The summed E-state index contributed by atoms with van der Waals surface area (Å²) >= 11 is 3.60. The Morgan fingerprint density at radius 1 is 1.14 bits per heavy atom. The van der Waals surface area contributed by atoms with Gasteiger partial charge in [0.1, 0.15) is 11.4 Å². The highest BCUT2D eigenvalue weighted by molar-refractivity contribution is 9.10. The van der Waals surface area contributed by atoms with Crippen molar-refractivity contribution in [3.63, 3.8) is 0 Å². The first-order valence-corrected chi connectivity index (χ1v) is 9.79. The number of hydrogen-bond acceptors (Lipinski definition) is 3. The molecule has 0 spiro atoms. The number of rotatable bonds is 6. The molecule has 0 atom stereocenters. The molecule has 1 heterocycles. The predicted octanol–water partition coefficient (Wildman–Crippen LogP) is 6.20. The van der Waals surface area contributed by atoms with Gasteiger partial charge in [0.2, 0.25) is 0 Å². The second-order valence-corrected chi connectivity index (χ2v) is 7.47. The summed E-state index contributed by atoms with van der Waals surface area (Å²) in [4.78, 5) is 17.1. The van der Waals surface area contributed by atoms with Crippen LogP contribution >= 0.6 is 15.9 Å². The Labute approximate surface area is 174 Å². The standard InChI is InChI=1S/C24H22BrNO2/c1-5-17-14-26-22(13-24(17)28-4)23(27)12-18-8-6-9-19(15(18)2)20-10-7-11-21(25)16(20)3/h5-11,13-14H,1,12H2,2-4H3. The van der Waals surface area contributed by atoms with Crippen molar-refractivity contribution in [3.8, 4) is 16.9 Å². The lowest BCUT2D eigenvalue weighted by Gasteiger charge is -2.14. The zero-order valence-corrected chi connectivity index (χ0v) is 17.8. The summed E-state index contributed by atoms with van der Waals surface area (Å²) < 4.78 is 6.41. The summed E-state index contributed by atoms with van der Waals surface area (Å²) in [7, 11) is 1.57. The minimum atomic E-state index is -0.0415. The molecule has 3 aromatic rings. The second kappa shape index (κ2) is 8.53. The quantitative estimate of drug-likeness (QED) is 0.432. The van der Waals surface area contributed by atoms with Crippen LogP contribution in [0.1, 0.15) is 32.7 Å². The molecule has 0 aliphatic rings. The third kappa shape index (κ3) is 3.92. The average Bonchev–Trinajstić information content (AvgIpc) is 2.71. The highest BCUT2D eigenvalue weighted by Crippen LogP contribution is 2.32. The maximum Gasteiger partial charge on any atom is 0.185 e. The number of ether oxygens (including phenoxy) is 1. The SMILES string of the molecule is C=Cc1cnc(C(=O)Cc2cccc(-c3cccc(Br)c3C)c2C)cc1OC. The summed E-state index contributed by atoms with van der Waals surface area (Å²) in [6, 6.07) is 13.9. The van der Waals surface area contributed by atoms with Gasteiger partial charge in [-0.25, -0.2) is 0 Å². The Bertz CT molecular complexity index is 1060. The Kier molecular flexibility index (Phi) is 6.10. The minimum Gasteiger partial charge on any atom is -0.496 e. The molecule has 0 aliphatic carbocycles. The van der Waals surface area contributed by atoms with Crippen LogP contribution in [-0.2, 0) is 6.42 Å². The van der Waals surface area contributed by atoms with Gasteiger partial charge >= 0.3 is 0 Å². The molecule has 2 aromatic carbocycles. The van der Waals surface area contributed by atoms with E-state index in [-0.39, 0.29) is 12.2 Å². The molecule has 0 saturated heterocycles. The van der Waals surface area contributed by atoms with Gasteiger partial charge in [-0.2, -0.15) is 0 Å². The lowest BCUT2D eigenvalue weighted by atomic mass is 9.91. The number of benzene rings is 2. The van der Waals surface area contributed by atoms with E-state index in [1.165, 1.54) is 5.56 Å². The van der Waals surface area contributed by atoms with Gasteiger partial charge in [0.15, 0.2) is 5.78 Å². The zero-order valence-electron chi connectivity index (χ0n) is 16.3. The molecule has 1 aromatic heterocycles. The summed E-state index contributed by atoms with van der Waals surface area (Å²) in [6.45, 7) is 7.89. The highest BCUT2D eigenvalue weighted by Gasteiger charge is 2.15. The van der Waals surface area contributed by atoms with E-state index < -0.39 is 0 Å². The van der Waals surface area contributed by atoms with Crippen molar-refractivity contribution in [1.29, 1.82) is 0 Å². The fourth-order valence-electron chi connectivity index (χ4n) is 3.26. The summed E-state index contributed by atoms with van der Waals surface area (Å²) in [6.07, 6.45) is 3.57. The van der Waals surface area contributed by atoms with Crippen molar-refractivity contribution in [2.24, 2.45) is 0 Å². The van der Waals surface area contributed by atoms with E-state index in [0.717, 1.165) is 32.3 Å². The Morgan fingerprint density at radius 2 is 1.82 bits per heavy atom. The highest BCUT2D eigenvalue weighted by atomic mass is 79.9. The fraction of sp³-hybridized carbons (Fsp3) is 0.167. The van der Waals surface area contributed by atoms with Crippen LogP contribution in [0.4, 0.5) is 0 Å². The predicted molar refractivity (Wildman–Crippen MR) is 118 cm³/mol. The number of ketones is 1. The second-order valence-electron chi connectivity index (χ2n) is 6.62. The summed E-state index contributed by atoms with van der Waals surface area (Å²) in [5, 5.41) is 0. The average molecular weight is 436 g/mol. The number of Topliss-reactive ketones (excluding diaryl/α,β-unsaturated/α-hetero) is 1. The summed E-state index contributed by atoms with van der Waals surface area (Å²) in [5.41, 5.74) is 6.74. The van der Waals surface area contributed by atoms with Crippen LogP contribution in [-0.4, -0.2) is 17.9 Å². The van der Waals surface area contributed by atoms with Gasteiger partial charge in [-0.05, 0) is 47.7 Å². The smallest absolute Gasteiger partial charge is 0.185 e. The van der Waals surface area contributed by atoms with Crippen LogP contribution in [0.15, 0.2) is 59.7 Å². The molecule has 0 amide bonds. The van der Waals surface area contributed by atoms with E-state index in [1.54, 1.807) is 25.4 Å². The topological polar surface area (TPSA) is 39.2 Å². The van der Waals surface area contributed by atoms with Crippen molar-refractivity contribution >= 4 is 27.8 Å². The molecule has 28 heavy (non-hydrogen) atoms. The molecule has 0 N–H and O–H groups in total. The van der Waals surface area contributed by atoms with E-state index >= 15 is 0 Å². The van der Waals surface area contributed by atoms with Gasteiger partial charge in [0, 0.05) is 28.7 Å². The molecule has 0 aliphatic heterocycles. The molecule has 4 heteroatoms. The van der Waals surface area contributed by atoms with Gasteiger partial charge in [-0.1, -0.05) is 58.9 Å². The molecule has 0 fully saturated rings. The van der Waals surface area contributed by atoms with Crippen molar-refractivity contribution in [1.82, 2.24) is 4.98 Å². The lowest BCUT2D eigenvalue weighted by Crippen LogP contribution is -2.08. The molecular weight excluding hydrogens is 414 g/mol. The number of pyridine rings is 1. The molecule has 0 radical (unpaired) electrons. The van der Waals surface area contributed by atoms with Gasteiger partial charge < -0.3 is 4.74 Å². The number of methoxy groups -OCH3 is 1. The Morgan fingerprint density at radius 3 is 2.50 bits per heavy atom. The molecule has 142 valence electrons. The number of aromatic nitrogens is 1. The van der Waals surface area contributed by atoms with Gasteiger partial charge in [-0.15, -0.1) is 0 Å². The van der Waals surface area contributed by atoms with Crippen molar-refractivity contribution in [3.05, 3.63) is 87.7 Å². The van der Waals surface area contributed by atoms with Gasteiger partial charge in [-0.3, -0.25) is 9.78 Å². The van der Waals surface area contributed by atoms with E-state index in [9.17, 15) is 4.79 Å². The van der Waals surface area contributed by atoms with Gasteiger partial charge in [0.25, 0.3) is 0 Å². The number of carbonyl (C=O) groups excluding carboxylic acids is 1. The fourth-order valence-corrected chi connectivity index (χ4v) is 3.63. The van der Waals surface area contributed by atoms with Gasteiger partial charge in [0.05, 0.1) is 7.11 Å². The molecular formula is C24H22BrNO2. The largest absolute Gasteiger partial charge is 0.496 e. The third-order valence-electron chi connectivity index (χ3n) is 4.98. The van der Waals surface area contributed by atoms with Crippen molar-refractivity contribution in [2.75, 3.05) is 7.11 Å². The number of carbonyl (C=O) groups is 1. The monoisotopic (exact) mass is 435 g/mol. The van der Waals surface area contributed by atoms with Crippen molar-refractivity contribution < 1.29 is 9.53 Å². The van der Waals surface area contributed by atoms with Crippen LogP contribution in [0.2, 0.25) is 0 Å². The first-order valence-electron chi connectivity index (χ1n) is 9.00. The Hall–Kier alpha value is -2.72. The van der Waals surface area contributed by atoms with E-state index in [1.807, 2.05) is 24.3 Å². The minimum absolute atomic E-state index is 0.0415. The van der Waals surface area contributed by atoms with E-state index in [4.69, 9.17) is 4.74 Å². The van der Waals surface area contributed by atoms with Crippen molar-refractivity contribution in [2.45, 2.75) is 20.3 Å². The van der Waals surface area contributed by atoms with E-state index in [2.05, 4.69) is 53.5 Å². The molecule has 3 nitrogen and oxygen atoms in total. The first kappa shape index (κ1) is 20.0. The number of halogens is 1. The normalized spacial score (nSPS) is 10.6. The lowest BCUT2D eigenvalue weighted by molar-refractivity contribution is 0.0987. The third-order valence-corrected chi connectivity index (χ3v) is 5.83. The molecule has 0 bridgehead atoms. The Balaban J connectivity index is 1.94. The maximum atomic E-state index is 12.9. The van der Waals surface area contributed by atoms with Crippen LogP contribution in [0.25, 0.3) is 17.2 Å². The molecule has 3 rings (SSSR count). The molecule has 0 saturated carbocycles. The van der Waals surface area contributed by atoms with E-state index in [0.29, 0.717) is 11.4 Å². The number of nitrogens with zero attached hydrogens (tertiary/aromatic N) is 1. The molecule has 0 unspecified atom stereocenters. The first-order chi connectivity index (χ1) is 13.5. The van der Waals surface area contributed by atoms with Crippen LogP contribution in [0.5, 0.6) is 5.75 Å². The zero-order chi connectivity index (χ0) is 20.3. The maximum absolute atomic E-state index is 12.9. The summed E-state index contributed by atoms with van der Waals surface area (Å²) in [5.74, 6) is 0.559. The van der Waals surface area contributed by atoms with Crippen LogP contribution < -0.4 is 4.74 Å².